The first-order chi connectivity index (χ1) is 25.3. The molecular weight excluding hydrogens is 629 g/mol. The van der Waals surface area contributed by atoms with Gasteiger partial charge in [0.2, 0.25) is 5.69 Å². The third-order valence-electron chi connectivity index (χ3n) is 12.0. The average Bonchev–Trinajstić information content (AvgIpc) is 3.20. The normalized spacial score (nSPS) is 16.6. The molecule has 1 unspecified atom stereocenters. The largest absolute Gasteiger partial charge is 0.371 e. The number of unbranched alkanes of at least 4 members (excludes halogenated alkanes) is 1. The smallest absolute Gasteiger partial charge is 0.213 e. The molecule has 1 aromatic heterocycles. The molecule has 2 heteroatoms. The van der Waals surface area contributed by atoms with Gasteiger partial charge in [0.25, 0.3) is 0 Å². The number of para-hydroxylation sites is 1. The molecule has 2 nitrogen and oxygen atoms in total. The van der Waals surface area contributed by atoms with Crippen molar-refractivity contribution in [3.8, 4) is 22.4 Å². The first-order valence-electron chi connectivity index (χ1n) is 19.5. The maximum absolute atomic E-state index is 4.32. The fraction of sp³-hybridized carbons (Fsp3) is 0.300. The zero-order valence-corrected chi connectivity index (χ0v) is 32.3. The lowest BCUT2D eigenvalue weighted by molar-refractivity contribution is -0.769. The van der Waals surface area contributed by atoms with Crippen molar-refractivity contribution in [3.63, 3.8) is 0 Å². The predicted molar refractivity (Wildman–Crippen MR) is 225 cm³/mol. The van der Waals surface area contributed by atoms with Crippen LogP contribution >= 0.6 is 0 Å². The van der Waals surface area contributed by atoms with E-state index in [2.05, 4.69) is 191 Å². The number of aryl methyl sites for hydroxylation is 1. The summed E-state index contributed by atoms with van der Waals surface area (Å²) in [6, 6.07) is 42.6. The summed E-state index contributed by atoms with van der Waals surface area (Å²) >= 11 is 0. The molecule has 0 aliphatic carbocycles. The number of hydrogen-bond acceptors (Lipinski definition) is 1. The number of aromatic nitrogens is 1. The molecule has 4 aromatic carbocycles. The Morgan fingerprint density at radius 2 is 1.44 bits per heavy atom. The van der Waals surface area contributed by atoms with Gasteiger partial charge in [-0.2, -0.15) is 4.57 Å². The van der Waals surface area contributed by atoms with Crippen molar-refractivity contribution in [2.75, 3.05) is 18.5 Å². The van der Waals surface area contributed by atoms with Crippen LogP contribution in [0.2, 0.25) is 0 Å². The highest BCUT2D eigenvalue weighted by molar-refractivity contribution is 5.89. The molecule has 1 aliphatic rings. The molecule has 0 radical (unpaired) electrons. The molecule has 1 aliphatic heterocycles. The van der Waals surface area contributed by atoms with Gasteiger partial charge in [0.1, 0.15) is 0 Å². The second-order valence-corrected chi connectivity index (χ2v) is 14.7. The molecular formula is C50H57N2+. The van der Waals surface area contributed by atoms with Crippen molar-refractivity contribution in [1.29, 1.82) is 0 Å². The van der Waals surface area contributed by atoms with Crippen LogP contribution in [0.5, 0.6) is 0 Å². The lowest BCUT2D eigenvalue weighted by Gasteiger charge is -2.47. The number of pyridine rings is 1. The topological polar surface area (TPSA) is 7.12 Å². The second kappa shape index (κ2) is 16.2. The molecule has 5 aromatic rings. The maximum Gasteiger partial charge on any atom is 0.213 e. The van der Waals surface area contributed by atoms with Crippen molar-refractivity contribution >= 4 is 16.8 Å². The van der Waals surface area contributed by atoms with Crippen molar-refractivity contribution in [3.05, 3.63) is 169 Å². The van der Waals surface area contributed by atoms with Crippen LogP contribution in [0.4, 0.5) is 5.69 Å². The fourth-order valence-corrected chi connectivity index (χ4v) is 8.74. The molecule has 2 heterocycles. The van der Waals surface area contributed by atoms with Crippen molar-refractivity contribution < 1.29 is 4.57 Å². The van der Waals surface area contributed by atoms with Gasteiger partial charge in [-0.25, -0.2) is 0 Å². The summed E-state index contributed by atoms with van der Waals surface area (Å²) in [6.45, 7) is 17.0. The minimum absolute atomic E-state index is 0.0230. The Morgan fingerprint density at radius 1 is 0.731 bits per heavy atom. The van der Waals surface area contributed by atoms with E-state index in [1.807, 2.05) is 6.08 Å². The molecule has 6 rings (SSSR count). The van der Waals surface area contributed by atoms with Crippen LogP contribution in [0.25, 0.3) is 33.5 Å². The summed E-state index contributed by atoms with van der Waals surface area (Å²) in [4.78, 5) is 2.30. The van der Waals surface area contributed by atoms with Crippen LogP contribution in [0.3, 0.4) is 0 Å². The zero-order valence-electron chi connectivity index (χ0n) is 32.3. The Morgan fingerprint density at radius 3 is 2.15 bits per heavy atom. The van der Waals surface area contributed by atoms with Gasteiger partial charge < -0.3 is 4.90 Å². The van der Waals surface area contributed by atoms with E-state index in [-0.39, 0.29) is 11.0 Å². The number of anilines is 1. The summed E-state index contributed by atoms with van der Waals surface area (Å²) in [5, 5.41) is 0. The van der Waals surface area contributed by atoms with E-state index in [1.54, 1.807) is 0 Å². The highest BCUT2D eigenvalue weighted by Gasteiger charge is 2.58. The Hall–Kier alpha value is -4.95. The van der Waals surface area contributed by atoms with Crippen LogP contribution in [-0.4, -0.2) is 13.6 Å². The number of nitrogens with zero attached hydrogens (tertiary/aromatic N) is 2. The Bertz CT molecular complexity index is 2060. The highest BCUT2D eigenvalue weighted by atomic mass is 15.1. The van der Waals surface area contributed by atoms with Crippen LogP contribution in [0.15, 0.2) is 146 Å². The van der Waals surface area contributed by atoms with E-state index >= 15 is 0 Å². The minimum atomic E-state index is 0.0230. The molecule has 1 atom stereocenters. The van der Waals surface area contributed by atoms with Crippen LogP contribution < -0.4 is 9.47 Å². The van der Waals surface area contributed by atoms with Gasteiger partial charge in [-0.1, -0.05) is 126 Å². The molecule has 52 heavy (non-hydrogen) atoms. The Labute approximate surface area is 313 Å². The quantitative estimate of drug-likeness (QED) is 0.0833. The standard InChI is InChI=1S/C50H57N2/c1-8-13-21-38-22-19-23-40(34-38)44(31-33-51(7)45-26-15-14-16-27-45)35-39(9-2)41-24-20-25-42(36-41)43-29-30-47-46(37-43)48-28-17-18-32-52(48)50(11-4,12-5)49(47,6)10-3/h9,14-20,22-32,34-37H,2,8,10-13,21,33H2,1,3-7H3/q+1. The molecule has 0 amide bonds. The van der Waals surface area contributed by atoms with Crippen LogP contribution in [0, 0.1) is 0 Å². The van der Waals surface area contributed by atoms with E-state index in [4.69, 9.17) is 0 Å². The SMILES string of the molecule is C=CC(=CC(=CCN(C)c1ccccc1)c1cccc(CCCC)c1)c1cccc(-c2ccc3c(c2)-c2cccc[n+]2C(CC)(CC)C3(C)CC)c1. The summed E-state index contributed by atoms with van der Waals surface area (Å²) < 4.78 is 2.60. The third kappa shape index (κ3) is 6.96. The first-order valence-corrected chi connectivity index (χ1v) is 19.5. The molecule has 266 valence electrons. The fourth-order valence-electron chi connectivity index (χ4n) is 8.74. The number of hydrogen-bond donors (Lipinski definition) is 0. The molecule has 0 spiro atoms. The Balaban J connectivity index is 1.41. The summed E-state index contributed by atoms with van der Waals surface area (Å²) in [6.07, 6.45) is 15.8. The van der Waals surface area contributed by atoms with Gasteiger partial charge in [-0.15, -0.1) is 0 Å². The summed E-state index contributed by atoms with van der Waals surface area (Å²) in [5.41, 5.74) is 14.0. The van der Waals surface area contributed by atoms with Gasteiger partial charge in [-0.3, -0.25) is 0 Å². The number of likely N-dealkylation sites (N-methyl/N-ethyl adjacent to an activating group) is 1. The zero-order chi connectivity index (χ0) is 36.7. The monoisotopic (exact) mass is 685 g/mol. The van der Waals surface area contributed by atoms with Gasteiger partial charge in [0.05, 0.1) is 11.0 Å². The van der Waals surface area contributed by atoms with Gasteiger partial charge in [-0.05, 0) is 107 Å². The average molecular weight is 686 g/mol. The third-order valence-corrected chi connectivity index (χ3v) is 12.0. The van der Waals surface area contributed by atoms with E-state index in [9.17, 15) is 0 Å². The Kier molecular flexibility index (Phi) is 11.4. The lowest BCUT2D eigenvalue weighted by Crippen LogP contribution is -2.68. The van der Waals surface area contributed by atoms with Crippen molar-refractivity contribution in [2.24, 2.45) is 0 Å². The first kappa shape index (κ1) is 36.8. The predicted octanol–water partition coefficient (Wildman–Crippen LogP) is 12.6. The van der Waals surface area contributed by atoms with E-state index in [0.717, 1.165) is 37.8 Å². The number of allylic oxidation sites excluding steroid dienone is 4. The highest BCUT2D eigenvalue weighted by Crippen LogP contribution is 2.51. The van der Waals surface area contributed by atoms with Crippen LogP contribution in [0.1, 0.15) is 89.0 Å². The number of benzene rings is 4. The van der Waals surface area contributed by atoms with Crippen LogP contribution in [-0.2, 0) is 17.4 Å². The molecule has 0 N–H and O–H groups in total. The molecule has 0 bridgehead atoms. The van der Waals surface area contributed by atoms with E-state index in [1.165, 1.54) is 68.7 Å². The number of rotatable bonds is 14. The van der Waals surface area contributed by atoms with Crippen molar-refractivity contribution in [1.82, 2.24) is 0 Å². The molecule has 0 saturated carbocycles. The minimum Gasteiger partial charge on any atom is -0.371 e. The van der Waals surface area contributed by atoms with Crippen molar-refractivity contribution in [2.45, 2.75) is 84.1 Å². The maximum atomic E-state index is 4.32. The van der Waals surface area contributed by atoms with E-state index in [0.29, 0.717) is 0 Å². The molecule has 0 saturated heterocycles. The summed E-state index contributed by atoms with van der Waals surface area (Å²) in [7, 11) is 2.16. The van der Waals surface area contributed by atoms with Gasteiger partial charge >= 0.3 is 0 Å². The number of fused-ring (bicyclic) bond motifs is 3. The lowest BCUT2D eigenvalue weighted by atomic mass is 9.58. The van der Waals surface area contributed by atoms with Gasteiger partial charge in [0.15, 0.2) is 11.7 Å². The van der Waals surface area contributed by atoms with E-state index < -0.39 is 0 Å². The second-order valence-electron chi connectivity index (χ2n) is 14.7. The molecule has 0 fully saturated rings. The van der Waals surface area contributed by atoms with Gasteiger partial charge in [0, 0.05) is 44.3 Å². The summed E-state index contributed by atoms with van der Waals surface area (Å²) in [5.74, 6) is 0.